The number of nitrogens with one attached hydrogen (secondary N) is 1. The Bertz CT molecular complexity index is 680. The van der Waals surface area contributed by atoms with E-state index in [1.807, 2.05) is 42.2 Å². The molecule has 0 saturated carbocycles. The molecule has 0 atom stereocenters. The predicted octanol–water partition coefficient (Wildman–Crippen LogP) is 3.80. The molecule has 0 amide bonds. The molecular formula is C18H20FN3. The van der Waals surface area contributed by atoms with Crippen LogP contribution < -0.4 is 16.2 Å². The van der Waals surface area contributed by atoms with Crippen LogP contribution in [0.5, 0.6) is 0 Å². The molecule has 3 nitrogen and oxygen atoms in total. The second kappa shape index (κ2) is 6.91. The van der Waals surface area contributed by atoms with Gasteiger partial charge in [0.2, 0.25) is 0 Å². The SMILES string of the molecule is C=C(NN)c1ccc(CN(C(=C)C)c2ccccc2)c(F)c1. The smallest absolute Gasteiger partial charge is 0.128 e. The van der Waals surface area contributed by atoms with Crippen LogP contribution in [-0.4, -0.2) is 0 Å². The number of hydrogen-bond donors (Lipinski definition) is 2. The van der Waals surface area contributed by atoms with Crippen LogP contribution in [0.1, 0.15) is 18.1 Å². The van der Waals surface area contributed by atoms with Crippen molar-refractivity contribution in [1.82, 2.24) is 5.43 Å². The fourth-order valence-corrected chi connectivity index (χ4v) is 2.17. The third kappa shape index (κ3) is 3.54. The molecule has 22 heavy (non-hydrogen) atoms. The Morgan fingerprint density at radius 1 is 1.18 bits per heavy atom. The number of para-hydroxylation sites is 1. The lowest BCUT2D eigenvalue weighted by atomic mass is 10.1. The first-order valence-electron chi connectivity index (χ1n) is 6.95. The van der Waals surface area contributed by atoms with E-state index in [1.165, 1.54) is 6.07 Å². The van der Waals surface area contributed by atoms with Gasteiger partial charge in [-0.3, -0.25) is 5.84 Å². The number of rotatable bonds is 6. The Kier molecular flexibility index (Phi) is 4.96. The summed E-state index contributed by atoms with van der Waals surface area (Å²) in [5.74, 6) is 5.00. The zero-order valence-electron chi connectivity index (χ0n) is 12.6. The molecule has 0 spiro atoms. The van der Waals surface area contributed by atoms with Gasteiger partial charge in [-0.2, -0.15) is 0 Å². The van der Waals surface area contributed by atoms with Gasteiger partial charge >= 0.3 is 0 Å². The average Bonchev–Trinajstić information content (AvgIpc) is 2.53. The minimum absolute atomic E-state index is 0.295. The Hall–Kier alpha value is -2.59. The van der Waals surface area contributed by atoms with E-state index in [0.717, 1.165) is 11.4 Å². The molecule has 0 aliphatic heterocycles. The molecule has 0 aromatic heterocycles. The standard InChI is InChI=1S/C18H20FN3/c1-13(2)22(17-7-5-4-6-8-17)12-16-10-9-15(11-18(16)19)14(3)21-20/h4-11,21H,1,3,12,20H2,2H3. The van der Waals surface area contributed by atoms with Gasteiger partial charge in [-0.05, 0) is 25.1 Å². The number of hydrazine groups is 1. The highest BCUT2D eigenvalue weighted by Gasteiger charge is 2.12. The molecule has 2 aromatic rings. The molecule has 2 rings (SSSR count). The third-order valence-electron chi connectivity index (χ3n) is 3.43. The number of halogens is 1. The highest BCUT2D eigenvalue weighted by atomic mass is 19.1. The van der Waals surface area contributed by atoms with Crippen LogP contribution in [0, 0.1) is 5.82 Å². The van der Waals surface area contributed by atoms with Gasteiger partial charge < -0.3 is 10.3 Å². The molecule has 0 aliphatic rings. The molecule has 0 saturated heterocycles. The topological polar surface area (TPSA) is 41.3 Å². The average molecular weight is 297 g/mol. The van der Waals surface area contributed by atoms with Crippen molar-refractivity contribution in [3.05, 3.63) is 84.3 Å². The van der Waals surface area contributed by atoms with Crippen molar-refractivity contribution >= 4 is 11.4 Å². The van der Waals surface area contributed by atoms with Crippen LogP contribution in [0.15, 0.2) is 67.4 Å². The quantitative estimate of drug-likeness (QED) is 0.629. The van der Waals surface area contributed by atoms with Crippen LogP contribution >= 0.6 is 0 Å². The summed E-state index contributed by atoms with van der Waals surface area (Å²) in [5, 5.41) is 0. The van der Waals surface area contributed by atoms with E-state index in [-0.39, 0.29) is 5.82 Å². The Morgan fingerprint density at radius 3 is 2.41 bits per heavy atom. The number of hydrogen-bond acceptors (Lipinski definition) is 3. The maximum Gasteiger partial charge on any atom is 0.128 e. The van der Waals surface area contributed by atoms with Gasteiger partial charge in [0.1, 0.15) is 5.82 Å². The molecule has 0 unspecified atom stereocenters. The van der Waals surface area contributed by atoms with E-state index in [2.05, 4.69) is 18.6 Å². The fraction of sp³-hybridized carbons (Fsp3) is 0.111. The highest BCUT2D eigenvalue weighted by molar-refractivity contribution is 5.61. The molecule has 3 N–H and O–H groups in total. The minimum atomic E-state index is -0.295. The summed E-state index contributed by atoms with van der Waals surface area (Å²) in [6, 6.07) is 14.7. The summed E-state index contributed by atoms with van der Waals surface area (Å²) in [6.45, 7) is 10.0. The maximum absolute atomic E-state index is 14.3. The summed E-state index contributed by atoms with van der Waals surface area (Å²) < 4.78 is 14.3. The van der Waals surface area contributed by atoms with Crippen molar-refractivity contribution in [1.29, 1.82) is 0 Å². The van der Waals surface area contributed by atoms with Crippen LogP contribution in [0.3, 0.4) is 0 Å². The summed E-state index contributed by atoms with van der Waals surface area (Å²) in [4.78, 5) is 1.97. The molecule has 0 bridgehead atoms. The second-order valence-electron chi connectivity index (χ2n) is 5.09. The predicted molar refractivity (Wildman–Crippen MR) is 90.2 cm³/mol. The van der Waals surface area contributed by atoms with Crippen LogP contribution in [-0.2, 0) is 6.54 Å². The Balaban J connectivity index is 2.28. The van der Waals surface area contributed by atoms with Crippen molar-refractivity contribution in [2.45, 2.75) is 13.5 Å². The van der Waals surface area contributed by atoms with E-state index in [4.69, 9.17) is 5.84 Å². The molecule has 0 aliphatic carbocycles. The first-order valence-corrected chi connectivity index (χ1v) is 6.95. The zero-order valence-corrected chi connectivity index (χ0v) is 12.6. The fourth-order valence-electron chi connectivity index (χ4n) is 2.17. The molecule has 114 valence electrons. The molecule has 2 aromatic carbocycles. The van der Waals surface area contributed by atoms with Gasteiger partial charge in [-0.1, -0.05) is 43.5 Å². The molecule has 0 fully saturated rings. The van der Waals surface area contributed by atoms with E-state index in [9.17, 15) is 4.39 Å². The Morgan fingerprint density at radius 2 is 1.86 bits per heavy atom. The summed E-state index contributed by atoms with van der Waals surface area (Å²) in [7, 11) is 0. The first kappa shape index (κ1) is 15.8. The van der Waals surface area contributed by atoms with E-state index in [1.54, 1.807) is 12.1 Å². The highest BCUT2D eigenvalue weighted by Crippen LogP contribution is 2.23. The Labute approximate surface area is 130 Å². The van der Waals surface area contributed by atoms with Gasteiger partial charge in [-0.25, -0.2) is 4.39 Å². The van der Waals surface area contributed by atoms with Gasteiger partial charge in [0.25, 0.3) is 0 Å². The van der Waals surface area contributed by atoms with Crippen molar-refractivity contribution < 1.29 is 4.39 Å². The lowest BCUT2D eigenvalue weighted by Crippen LogP contribution is -2.21. The monoisotopic (exact) mass is 297 g/mol. The van der Waals surface area contributed by atoms with Gasteiger partial charge in [0.05, 0.1) is 6.54 Å². The van der Waals surface area contributed by atoms with Gasteiger partial charge in [0, 0.05) is 28.2 Å². The minimum Gasteiger partial charge on any atom is -0.341 e. The zero-order chi connectivity index (χ0) is 16.1. The number of allylic oxidation sites excluding steroid dienone is 1. The van der Waals surface area contributed by atoms with Crippen molar-refractivity contribution in [3.63, 3.8) is 0 Å². The van der Waals surface area contributed by atoms with E-state index < -0.39 is 0 Å². The molecule has 4 heteroatoms. The van der Waals surface area contributed by atoms with E-state index >= 15 is 0 Å². The number of anilines is 1. The summed E-state index contributed by atoms with van der Waals surface area (Å²) in [6.07, 6.45) is 0. The van der Waals surface area contributed by atoms with Gasteiger partial charge in [0.15, 0.2) is 0 Å². The van der Waals surface area contributed by atoms with Crippen LogP contribution in [0.4, 0.5) is 10.1 Å². The first-order chi connectivity index (χ1) is 10.5. The van der Waals surface area contributed by atoms with E-state index in [0.29, 0.717) is 23.4 Å². The maximum atomic E-state index is 14.3. The lowest BCUT2D eigenvalue weighted by molar-refractivity contribution is 0.607. The second-order valence-corrected chi connectivity index (χ2v) is 5.09. The van der Waals surface area contributed by atoms with Crippen molar-refractivity contribution in [2.75, 3.05) is 4.90 Å². The molecular weight excluding hydrogens is 277 g/mol. The number of benzene rings is 2. The molecule has 0 heterocycles. The largest absolute Gasteiger partial charge is 0.341 e. The molecule has 0 radical (unpaired) electrons. The number of nitrogens with zero attached hydrogens (tertiary/aromatic N) is 1. The summed E-state index contributed by atoms with van der Waals surface area (Å²) in [5.41, 5.74) is 5.95. The van der Waals surface area contributed by atoms with Gasteiger partial charge in [-0.15, -0.1) is 0 Å². The van der Waals surface area contributed by atoms with Crippen molar-refractivity contribution in [2.24, 2.45) is 5.84 Å². The van der Waals surface area contributed by atoms with Crippen molar-refractivity contribution in [3.8, 4) is 0 Å². The van der Waals surface area contributed by atoms with Crippen LogP contribution in [0.25, 0.3) is 5.70 Å². The normalized spacial score (nSPS) is 10.1. The van der Waals surface area contributed by atoms with Crippen LogP contribution in [0.2, 0.25) is 0 Å². The third-order valence-corrected chi connectivity index (χ3v) is 3.43. The summed E-state index contributed by atoms with van der Waals surface area (Å²) >= 11 is 0. The number of nitrogens with two attached hydrogens (primary N) is 1. The lowest BCUT2D eigenvalue weighted by Gasteiger charge is -2.25.